The predicted octanol–water partition coefficient (Wildman–Crippen LogP) is 5.77. The van der Waals surface area contributed by atoms with E-state index in [2.05, 4.69) is 31.9 Å². The van der Waals surface area contributed by atoms with Gasteiger partial charge in [-0.25, -0.2) is 0 Å². The zero-order chi connectivity index (χ0) is 16.7. The standard InChI is InChI=1S/C17H15Br2ClO3/c18-13-4-1-3-12(9-13)11-23-17(21)5-2-8-22-16-7-6-14(19)10-15(16)20/h1,3-4,6-7,9-10H,2,5,8,11H2. The third-order valence-electron chi connectivity index (χ3n) is 2.97. The van der Waals surface area contributed by atoms with Gasteiger partial charge in [-0.3, -0.25) is 4.79 Å². The maximum absolute atomic E-state index is 11.7. The first kappa shape index (κ1) is 18.3. The van der Waals surface area contributed by atoms with Crippen molar-refractivity contribution < 1.29 is 14.3 Å². The monoisotopic (exact) mass is 460 g/mol. The molecule has 0 atom stereocenters. The Kier molecular flexibility index (Phi) is 7.40. The lowest BCUT2D eigenvalue weighted by molar-refractivity contribution is -0.145. The normalized spacial score (nSPS) is 10.4. The van der Waals surface area contributed by atoms with Crippen molar-refractivity contribution in [2.75, 3.05) is 6.61 Å². The summed E-state index contributed by atoms with van der Waals surface area (Å²) in [5.41, 5.74) is 0.950. The van der Waals surface area contributed by atoms with Gasteiger partial charge in [0, 0.05) is 15.4 Å². The number of hydrogen-bond acceptors (Lipinski definition) is 3. The average Bonchev–Trinajstić information content (AvgIpc) is 2.51. The molecule has 0 aromatic heterocycles. The number of esters is 1. The summed E-state index contributed by atoms with van der Waals surface area (Å²) in [5, 5.41) is 0.539. The molecule has 0 N–H and O–H groups in total. The zero-order valence-corrected chi connectivity index (χ0v) is 16.2. The largest absolute Gasteiger partial charge is 0.492 e. The van der Waals surface area contributed by atoms with E-state index in [1.54, 1.807) is 12.1 Å². The minimum atomic E-state index is -0.240. The Morgan fingerprint density at radius 1 is 1.09 bits per heavy atom. The number of carbonyl (C=O) groups is 1. The maximum Gasteiger partial charge on any atom is 0.306 e. The molecule has 2 rings (SSSR count). The fourth-order valence-electron chi connectivity index (χ4n) is 1.85. The number of benzene rings is 2. The van der Waals surface area contributed by atoms with Crippen molar-refractivity contribution in [1.29, 1.82) is 0 Å². The van der Waals surface area contributed by atoms with E-state index in [1.165, 1.54) is 0 Å². The van der Waals surface area contributed by atoms with Crippen LogP contribution in [0.1, 0.15) is 18.4 Å². The Morgan fingerprint density at radius 3 is 2.61 bits per heavy atom. The molecule has 0 radical (unpaired) electrons. The quantitative estimate of drug-likeness (QED) is 0.387. The van der Waals surface area contributed by atoms with Crippen LogP contribution in [0.3, 0.4) is 0 Å². The molecule has 6 heteroatoms. The van der Waals surface area contributed by atoms with E-state index in [-0.39, 0.29) is 12.6 Å². The molecule has 2 aromatic carbocycles. The van der Waals surface area contributed by atoms with Crippen molar-refractivity contribution in [3.8, 4) is 5.75 Å². The van der Waals surface area contributed by atoms with Crippen molar-refractivity contribution in [2.45, 2.75) is 19.4 Å². The molecule has 0 fully saturated rings. The maximum atomic E-state index is 11.7. The Hall–Kier alpha value is -1.04. The second kappa shape index (κ2) is 9.30. The summed E-state index contributed by atoms with van der Waals surface area (Å²) in [7, 11) is 0. The van der Waals surface area contributed by atoms with Gasteiger partial charge >= 0.3 is 5.97 Å². The molecule has 3 nitrogen and oxygen atoms in total. The third kappa shape index (κ3) is 6.53. The molecule has 0 aliphatic carbocycles. The van der Waals surface area contributed by atoms with E-state index < -0.39 is 0 Å². The van der Waals surface area contributed by atoms with Gasteiger partial charge in [0.15, 0.2) is 0 Å². The van der Waals surface area contributed by atoms with Crippen LogP contribution in [0, 0.1) is 0 Å². The van der Waals surface area contributed by atoms with Crippen molar-refractivity contribution >= 4 is 49.4 Å². The lowest BCUT2D eigenvalue weighted by Crippen LogP contribution is -2.07. The summed E-state index contributed by atoms with van der Waals surface area (Å²) in [6, 6.07) is 13.1. The Morgan fingerprint density at radius 2 is 1.87 bits per heavy atom. The van der Waals surface area contributed by atoms with Gasteiger partial charge in [-0.15, -0.1) is 0 Å². The summed E-state index contributed by atoms with van der Waals surface area (Å²) in [6.45, 7) is 0.686. The van der Waals surface area contributed by atoms with E-state index >= 15 is 0 Å². The summed E-state index contributed by atoms with van der Waals surface area (Å²) < 4.78 is 12.6. The van der Waals surface area contributed by atoms with E-state index in [1.807, 2.05) is 30.3 Å². The number of halogens is 3. The second-order valence-electron chi connectivity index (χ2n) is 4.82. The van der Waals surface area contributed by atoms with Crippen LogP contribution in [0.15, 0.2) is 51.4 Å². The molecule has 23 heavy (non-hydrogen) atoms. The molecule has 0 aliphatic rings. The van der Waals surface area contributed by atoms with Crippen LogP contribution in [-0.4, -0.2) is 12.6 Å². The molecule has 0 heterocycles. The van der Waals surface area contributed by atoms with E-state index in [4.69, 9.17) is 21.1 Å². The smallest absolute Gasteiger partial charge is 0.306 e. The molecule has 0 bridgehead atoms. The third-order valence-corrected chi connectivity index (χ3v) is 4.25. The first-order valence-corrected chi connectivity index (χ1v) is 8.99. The minimum Gasteiger partial charge on any atom is -0.492 e. The number of hydrogen-bond donors (Lipinski definition) is 0. The van der Waals surface area contributed by atoms with Crippen molar-refractivity contribution in [2.24, 2.45) is 0 Å². The van der Waals surface area contributed by atoms with Crippen LogP contribution in [0.2, 0.25) is 5.02 Å². The van der Waals surface area contributed by atoms with Crippen LogP contribution < -0.4 is 4.74 Å². The Balaban J connectivity index is 1.66. The first-order chi connectivity index (χ1) is 11.0. The molecule has 0 saturated carbocycles. The predicted molar refractivity (Wildman–Crippen MR) is 97.8 cm³/mol. The minimum absolute atomic E-state index is 0.240. The highest BCUT2D eigenvalue weighted by molar-refractivity contribution is 9.10. The number of carbonyl (C=O) groups excluding carboxylic acids is 1. The van der Waals surface area contributed by atoms with Gasteiger partial charge in [0.2, 0.25) is 0 Å². The van der Waals surface area contributed by atoms with Gasteiger partial charge in [-0.05, 0) is 42.3 Å². The van der Waals surface area contributed by atoms with Crippen LogP contribution in [0.25, 0.3) is 0 Å². The molecule has 122 valence electrons. The average molecular weight is 463 g/mol. The molecule has 0 amide bonds. The first-order valence-electron chi connectivity index (χ1n) is 7.02. The summed E-state index contributed by atoms with van der Waals surface area (Å²) >= 11 is 12.8. The topological polar surface area (TPSA) is 35.5 Å². The van der Waals surface area contributed by atoms with Gasteiger partial charge in [0.05, 0.1) is 11.6 Å². The van der Waals surface area contributed by atoms with Crippen molar-refractivity contribution in [3.63, 3.8) is 0 Å². The highest BCUT2D eigenvalue weighted by Crippen LogP contribution is 2.27. The van der Waals surface area contributed by atoms with Crippen molar-refractivity contribution in [1.82, 2.24) is 0 Å². The van der Waals surface area contributed by atoms with Gasteiger partial charge < -0.3 is 9.47 Å². The Bertz CT molecular complexity index is 677. The van der Waals surface area contributed by atoms with Gasteiger partial charge in [-0.1, -0.05) is 55.6 Å². The highest BCUT2D eigenvalue weighted by atomic mass is 79.9. The number of ether oxygens (including phenoxy) is 2. The lowest BCUT2D eigenvalue weighted by Gasteiger charge is -2.08. The molecule has 2 aromatic rings. The molecule has 0 unspecified atom stereocenters. The van der Waals surface area contributed by atoms with Crippen LogP contribution >= 0.6 is 43.5 Å². The van der Waals surface area contributed by atoms with Gasteiger partial charge in [0.1, 0.15) is 12.4 Å². The van der Waals surface area contributed by atoms with Crippen molar-refractivity contribution in [3.05, 3.63) is 62.0 Å². The summed E-state index contributed by atoms with van der Waals surface area (Å²) in [4.78, 5) is 11.7. The van der Waals surface area contributed by atoms with Crippen LogP contribution in [0.4, 0.5) is 0 Å². The highest BCUT2D eigenvalue weighted by Gasteiger charge is 2.06. The van der Waals surface area contributed by atoms with E-state index in [0.717, 1.165) is 14.5 Å². The van der Waals surface area contributed by atoms with Gasteiger partial charge in [-0.2, -0.15) is 0 Å². The molecular formula is C17H15Br2ClO3. The number of rotatable bonds is 7. The Labute approximate surface area is 157 Å². The molecule has 0 spiro atoms. The van der Waals surface area contributed by atoms with Gasteiger partial charge in [0.25, 0.3) is 0 Å². The molecular weight excluding hydrogens is 447 g/mol. The fraction of sp³-hybridized carbons (Fsp3) is 0.235. The second-order valence-corrected chi connectivity index (χ2v) is 7.06. The summed E-state index contributed by atoms with van der Waals surface area (Å²) in [6.07, 6.45) is 0.881. The molecule has 0 saturated heterocycles. The lowest BCUT2D eigenvalue weighted by atomic mass is 10.2. The summed E-state index contributed by atoms with van der Waals surface area (Å²) in [5.74, 6) is 0.368. The van der Waals surface area contributed by atoms with E-state index in [9.17, 15) is 4.79 Å². The van der Waals surface area contributed by atoms with Crippen LogP contribution in [-0.2, 0) is 16.1 Å². The SMILES string of the molecule is O=C(CCCOc1ccc(Br)cc1Cl)OCc1cccc(Br)c1. The molecule has 0 aliphatic heterocycles. The fourth-order valence-corrected chi connectivity index (χ4v) is 3.03. The zero-order valence-electron chi connectivity index (χ0n) is 12.2. The van der Waals surface area contributed by atoms with Crippen LogP contribution in [0.5, 0.6) is 5.75 Å². The van der Waals surface area contributed by atoms with E-state index in [0.29, 0.717) is 30.2 Å².